The Morgan fingerprint density at radius 3 is 2.39 bits per heavy atom. The molecule has 2 aliphatic rings. The van der Waals surface area contributed by atoms with Gasteiger partial charge in [0.2, 0.25) is 0 Å². The highest BCUT2D eigenvalue weighted by molar-refractivity contribution is 5.70. The quantitative estimate of drug-likeness (QED) is 0.863. The Hall–Kier alpha value is -1.18. The minimum Gasteiger partial charge on any atom is -0.381 e. The van der Waals surface area contributed by atoms with Crippen molar-refractivity contribution < 1.29 is 0 Å². The molecule has 0 spiro atoms. The van der Waals surface area contributed by atoms with E-state index in [9.17, 15) is 0 Å². The van der Waals surface area contributed by atoms with Crippen LogP contribution in [0.1, 0.15) is 44.9 Å². The van der Waals surface area contributed by atoms with Gasteiger partial charge in [-0.25, -0.2) is 0 Å². The molecule has 0 amide bonds. The van der Waals surface area contributed by atoms with Crippen LogP contribution in [0, 0.1) is 0 Å². The van der Waals surface area contributed by atoms with Gasteiger partial charge in [-0.05, 0) is 37.8 Å². The average molecular weight is 244 g/mol. The third-order valence-corrected chi connectivity index (χ3v) is 4.32. The Morgan fingerprint density at radius 2 is 1.61 bits per heavy atom. The fourth-order valence-corrected chi connectivity index (χ4v) is 3.30. The monoisotopic (exact) mass is 244 g/mol. The fourth-order valence-electron chi connectivity index (χ4n) is 3.30. The van der Waals surface area contributed by atoms with E-state index in [-0.39, 0.29) is 0 Å². The lowest BCUT2D eigenvalue weighted by atomic mass is 9.95. The third-order valence-electron chi connectivity index (χ3n) is 4.32. The van der Waals surface area contributed by atoms with Crippen molar-refractivity contribution in [2.45, 2.75) is 51.0 Å². The molecule has 1 aromatic rings. The van der Waals surface area contributed by atoms with E-state index in [0.29, 0.717) is 6.04 Å². The van der Waals surface area contributed by atoms with Gasteiger partial charge in [-0.3, -0.25) is 0 Å². The van der Waals surface area contributed by atoms with Crippen LogP contribution in [0.4, 0.5) is 11.4 Å². The number of hydrogen-bond donors (Lipinski definition) is 1. The van der Waals surface area contributed by atoms with Gasteiger partial charge >= 0.3 is 0 Å². The molecule has 2 nitrogen and oxygen atoms in total. The SMILES string of the molecule is c1ccc(N2CCCC2)c(NC2CCCCC2)c1. The molecule has 1 heterocycles. The first-order valence-corrected chi connectivity index (χ1v) is 7.54. The molecule has 1 aromatic carbocycles. The maximum Gasteiger partial charge on any atom is 0.0602 e. The van der Waals surface area contributed by atoms with Crippen molar-refractivity contribution in [3.63, 3.8) is 0 Å². The van der Waals surface area contributed by atoms with Crippen LogP contribution < -0.4 is 10.2 Å². The fraction of sp³-hybridized carbons (Fsp3) is 0.625. The standard InChI is InChI=1S/C16H24N2/c1-2-8-14(9-3-1)17-15-10-4-5-11-16(15)18-12-6-7-13-18/h4-5,10-11,14,17H,1-3,6-9,12-13H2. The summed E-state index contributed by atoms with van der Waals surface area (Å²) < 4.78 is 0. The maximum atomic E-state index is 3.78. The molecule has 98 valence electrons. The number of para-hydroxylation sites is 2. The van der Waals surface area contributed by atoms with E-state index in [0.717, 1.165) is 0 Å². The maximum absolute atomic E-state index is 3.78. The van der Waals surface area contributed by atoms with Crippen LogP contribution in [0.2, 0.25) is 0 Å². The van der Waals surface area contributed by atoms with Gasteiger partial charge in [0.15, 0.2) is 0 Å². The highest BCUT2D eigenvalue weighted by atomic mass is 15.2. The molecule has 1 N–H and O–H groups in total. The van der Waals surface area contributed by atoms with E-state index in [1.54, 1.807) is 0 Å². The molecule has 1 saturated carbocycles. The van der Waals surface area contributed by atoms with Crippen molar-refractivity contribution in [1.82, 2.24) is 0 Å². The molecule has 1 aliphatic heterocycles. The molecule has 0 bridgehead atoms. The number of benzene rings is 1. The van der Waals surface area contributed by atoms with Crippen LogP contribution in [0.15, 0.2) is 24.3 Å². The Morgan fingerprint density at radius 1 is 0.889 bits per heavy atom. The molecule has 1 aliphatic carbocycles. The summed E-state index contributed by atoms with van der Waals surface area (Å²) in [5.41, 5.74) is 2.77. The van der Waals surface area contributed by atoms with Gasteiger partial charge in [-0.2, -0.15) is 0 Å². The summed E-state index contributed by atoms with van der Waals surface area (Å²) in [6, 6.07) is 9.55. The molecular formula is C16H24N2. The van der Waals surface area contributed by atoms with Gasteiger partial charge in [0, 0.05) is 19.1 Å². The topological polar surface area (TPSA) is 15.3 Å². The van der Waals surface area contributed by atoms with Crippen LogP contribution >= 0.6 is 0 Å². The zero-order valence-corrected chi connectivity index (χ0v) is 11.2. The minimum atomic E-state index is 0.697. The molecular weight excluding hydrogens is 220 g/mol. The molecule has 0 radical (unpaired) electrons. The summed E-state index contributed by atoms with van der Waals surface area (Å²) in [7, 11) is 0. The Bertz CT molecular complexity index is 376. The molecule has 3 rings (SSSR count). The lowest BCUT2D eigenvalue weighted by Gasteiger charge is -2.28. The van der Waals surface area contributed by atoms with Gasteiger partial charge in [0.1, 0.15) is 0 Å². The van der Waals surface area contributed by atoms with Gasteiger partial charge < -0.3 is 10.2 Å². The Labute approximate surface area is 110 Å². The molecule has 2 heteroatoms. The van der Waals surface area contributed by atoms with E-state index in [2.05, 4.69) is 34.5 Å². The summed E-state index contributed by atoms with van der Waals surface area (Å²) >= 11 is 0. The second-order valence-electron chi connectivity index (χ2n) is 5.69. The van der Waals surface area contributed by atoms with Crippen LogP contribution in [-0.4, -0.2) is 19.1 Å². The summed E-state index contributed by atoms with van der Waals surface area (Å²) in [6.45, 7) is 2.45. The Kier molecular flexibility index (Phi) is 3.72. The van der Waals surface area contributed by atoms with Gasteiger partial charge in [-0.1, -0.05) is 31.4 Å². The molecule has 0 atom stereocenters. The van der Waals surface area contributed by atoms with E-state index in [4.69, 9.17) is 0 Å². The lowest BCUT2D eigenvalue weighted by Crippen LogP contribution is -2.25. The Balaban J connectivity index is 1.73. The predicted octanol–water partition coefficient (Wildman–Crippen LogP) is 4.03. The number of rotatable bonds is 3. The normalized spacial score (nSPS) is 21.2. The number of nitrogens with one attached hydrogen (secondary N) is 1. The summed E-state index contributed by atoms with van der Waals surface area (Å²) in [5.74, 6) is 0. The van der Waals surface area contributed by atoms with Gasteiger partial charge in [0.05, 0.1) is 11.4 Å². The highest BCUT2D eigenvalue weighted by Crippen LogP contribution is 2.31. The largest absolute Gasteiger partial charge is 0.381 e. The summed E-state index contributed by atoms with van der Waals surface area (Å²) in [6.07, 6.45) is 9.58. The van der Waals surface area contributed by atoms with Crippen LogP contribution in [0.25, 0.3) is 0 Å². The first-order chi connectivity index (χ1) is 8.93. The average Bonchev–Trinajstić information content (AvgIpc) is 2.94. The zero-order valence-electron chi connectivity index (χ0n) is 11.2. The molecule has 1 saturated heterocycles. The van der Waals surface area contributed by atoms with Crippen molar-refractivity contribution in [2.24, 2.45) is 0 Å². The number of hydrogen-bond acceptors (Lipinski definition) is 2. The van der Waals surface area contributed by atoms with Gasteiger partial charge in [0.25, 0.3) is 0 Å². The van der Waals surface area contributed by atoms with Crippen LogP contribution in [0.3, 0.4) is 0 Å². The van der Waals surface area contributed by atoms with E-state index in [1.807, 2.05) is 0 Å². The van der Waals surface area contributed by atoms with Crippen LogP contribution in [-0.2, 0) is 0 Å². The van der Waals surface area contributed by atoms with E-state index < -0.39 is 0 Å². The molecule has 0 unspecified atom stereocenters. The molecule has 0 aromatic heterocycles. The first-order valence-electron chi connectivity index (χ1n) is 7.54. The van der Waals surface area contributed by atoms with Crippen molar-refractivity contribution in [1.29, 1.82) is 0 Å². The van der Waals surface area contributed by atoms with E-state index >= 15 is 0 Å². The number of nitrogens with zero attached hydrogens (tertiary/aromatic N) is 1. The molecule has 2 fully saturated rings. The summed E-state index contributed by atoms with van der Waals surface area (Å²) in [5, 5.41) is 3.78. The number of anilines is 2. The zero-order chi connectivity index (χ0) is 12.2. The highest BCUT2D eigenvalue weighted by Gasteiger charge is 2.18. The van der Waals surface area contributed by atoms with Crippen molar-refractivity contribution >= 4 is 11.4 Å². The van der Waals surface area contributed by atoms with Gasteiger partial charge in [-0.15, -0.1) is 0 Å². The predicted molar refractivity (Wildman–Crippen MR) is 78.4 cm³/mol. The lowest BCUT2D eigenvalue weighted by molar-refractivity contribution is 0.463. The molecule has 18 heavy (non-hydrogen) atoms. The van der Waals surface area contributed by atoms with Crippen molar-refractivity contribution in [2.75, 3.05) is 23.3 Å². The van der Waals surface area contributed by atoms with Crippen molar-refractivity contribution in [3.8, 4) is 0 Å². The summed E-state index contributed by atoms with van der Waals surface area (Å²) in [4.78, 5) is 2.53. The second-order valence-corrected chi connectivity index (χ2v) is 5.69. The van der Waals surface area contributed by atoms with Crippen LogP contribution in [0.5, 0.6) is 0 Å². The minimum absolute atomic E-state index is 0.697. The van der Waals surface area contributed by atoms with E-state index in [1.165, 1.54) is 69.4 Å². The second kappa shape index (κ2) is 5.64. The van der Waals surface area contributed by atoms with Crippen molar-refractivity contribution in [3.05, 3.63) is 24.3 Å². The smallest absolute Gasteiger partial charge is 0.0602 e. The first kappa shape index (κ1) is 11.9. The third kappa shape index (κ3) is 2.63.